The highest BCUT2D eigenvalue weighted by molar-refractivity contribution is 5.42. The molecule has 1 fully saturated rings. The molecule has 2 rings (SSSR count). The number of nitrogens with zero attached hydrogens (tertiary/aromatic N) is 4. The van der Waals surface area contributed by atoms with Crippen LogP contribution in [0, 0.1) is 6.92 Å². The van der Waals surface area contributed by atoms with E-state index < -0.39 is 0 Å². The Balaban J connectivity index is 2.02. The molecular weight excluding hydrogens is 230 g/mol. The lowest BCUT2D eigenvalue weighted by Crippen LogP contribution is -2.48. The zero-order valence-electron chi connectivity index (χ0n) is 11.1. The van der Waals surface area contributed by atoms with Crippen molar-refractivity contribution >= 4 is 5.82 Å². The first kappa shape index (κ1) is 13.0. The molecule has 0 saturated carbocycles. The summed E-state index contributed by atoms with van der Waals surface area (Å²) >= 11 is 0. The third-order valence-corrected chi connectivity index (χ3v) is 3.15. The van der Waals surface area contributed by atoms with Crippen molar-refractivity contribution in [3.05, 3.63) is 11.9 Å². The van der Waals surface area contributed by atoms with Gasteiger partial charge in [-0.2, -0.15) is 4.98 Å². The van der Waals surface area contributed by atoms with E-state index in [1.807, 2.05) is 13.0 Å². The summed E-state index contributed by atoms with van der Waals surface area (Å²) in [5.41, 5.74) is 5.57. The highest BCUT2D eigenvalue weighted by Crippen LogP contribution is 2.18. The molecule has 1 saturated heterocycles. The van der Waals surface area contributed by atoms with E-state index in [4.69, 9.17) is 10.5 Å². The SMILES string of the molecule is COc1cc(N2CCN(CCN)CC2)nc(C)n1. The molecule has 1 aromatic rings. The average molecular weight is 251 g/mol. The molecule has 18 heavy (non-hydrogen) atoms. The topological polar surface area (TPSA) is 67.5 Å². The molecule has 0 radical (unpaired) electrons. The minimum atomic E-state index is 0.627. The normalized spacial score (nSPS) is 16.9. The number of anilines is 1. The predicted molar refractivity (Wildman–Crippen MR) is 71.0 cm³/mol. The molecule has 0 aliphatic carbocycles. The van der Waals surface area contributed by atoms with Crippen LogP contribution in [0.3, 0.4) is 0 Å². The van der Waals surface area contributed by atoms with Crippen molar-refractivity contribution in [2.45, 2.75) is 6.92 Å². The standard InChI is InChI=1S/C12H21N5O/c1-10-14-11(9-12(15-10)18-2)17-7-5-16(4-3-13)6-8-17/h9H,3-8,13H2,1-2H3. The summed E-state index contributed by atoms with van der Waals surface area (Å²) in [5, 5.41) is 0. The van der Waals surface area contributed by atoms with Crippen LogP contribution in [-0.4, -0.2) is 61.2 Å². The van der Waals surface area contributed by atoms with E-state index in [1.54, 1.807) is 7.11 Å². The summed E-state index contributed by atoms with van der Waals surface area (Å²) in [5.74, 6) is 2.32. The molecule has 100 valence electrons. The van der Waals surface area contributed by atoms with Crippen LogP contribution in [0.2, 0.25) is 0 Å². The zero-order chi connectivity index (χ0) is 13.0. The number of aryl methyl sites for hydroxylation is 1. The Morgan fingerprint density at radius 1 is 1.28 bits per heavy atom. The third-order valence-electron chi connectivity index (χ3n) is 3.15. The maximum Gasteiger partial charge on any atom is 0.218 e. The maximum atomic E-state index is 5.57. The van der Waals surface area contributed by atoms with Gasteiger partial charge in [-0.1, -0.05) is 0 Å². The Kier molecular flexibility index (Phi) is 4.33. The molecule has 2 heterocycles. The molecule has 1 aliphatic rings. The molecule has 0 atom stereocenters. The van der Waals surface area contributed by atoms with Gasteiger partial charge in [-0.3, -0.25) is 4.90 Å². The van der Waals surface area contributed by atoms with Crippen LogP contribution in [0.15, 0.2) is 6.07 Å². The van der Waals surface area contributed by atoms with Crippen LogP contribution >= 0.6 is 0 Å². The van der Waals surface area contributed by atoms with E-state index in [1.165, 1.54) is 0 Å². The van der Waals surface area contributed by atoms with E-state index in [0.717, 1.165) is 50.9 Å². The Morgan fingerprint density at radius 2 is 2.00 bits per heavy atom. The van der Waals surface area contributed by atoms with Crippen LogP contribution < -0.4 is 15.4 Å². The molecule has 0 unspecified atom stereocenters. The van der Waals surface area contributed by atoms with Crippen molar-refractivity contribution < 1.29 is 4.74 Å². The smallest absolute Gasteiger partial charge is 0.218 e. The number of piperazine rings is 1. The Labute approximate surface area is 108 Å². The van der Waals surface area contributed by atoms with Gasteiger partial charge in [0, 0.05) is 45.3 Å². The third kappa shape index (κ3) is 3.08. The van der Waals surface area contributed by atoms with Gasteiger partial charge in [-0.15, -0.1) is 0 Å². The molecule has 0 bridgehead atoms. The Hall–Kier alpha value is -1.40. The van der Waals surface area contributed by atoms with Gasteiger partial charge in [-0.05, 0) is 6.92 Å². The minimum Gasteiger partial charge on any atom is -0.481 e. The van der Waals surface area contributed by atoms with Crippen LogP contribution in [-0.2, 0) is 0 Å². The fourth-order valence-electron chi connectivity index (χ4n) is 2.17. The van der Waals surface area contributed by atoms with Crippen LogP contribution in [0.25, 0.3) is 0 Å². The largest absolute Gasteiger partial charge is 0.481 e. The fourth-order valence-corrected chi connectivity index (χ4v) is 2.17. The number of hydrogen-bond donors (Lipinski definition) is 1. The van der Waals surface area contributed by atoms with Gasteiger partial charge in [0.05, 0.1) is 7.11 Å². The number of methoxy groups -OCH3 is 1. The summed E-state index contributed by atoms with van der Waals surface area (Å²) in [4.78, 5) is 13.3. The molecular formula is C12H21N5O. The van der Waals surface area contributed by atoms with E-state index in [0.29, 0.717) is 5.88 Å². The van der Waals surface area contributed by atoms with Gasteiger partial charge in [0.1, 0.15) is 11.6 Å². The predicted octanol–water partition coefficient (Wildman–Crippen LogP) is -0.126. The van der Waals surface area contributed by atoms with Gasteiger partial charge in [0.15, 0.2) is 0 Å². The number of rotatable bonds is 4. The van der Waals surface area contributed by atoms with Crippen molar-refractivity contribution in [2.24, 2.45) is 5.73 Å². The van der Waals surface area contributed by atoms with E-state index in [-0.39, 0.29) is 0 Å². The zero-order valence-corrected chi connectivity index (χ0v) is 11.1. The second kappa shape index (κ2) is 5.97. The first-order valence-corrected chi connectivity index (χ1v) is 6.30. The highest BCUT2D eigenvalue weighted by Gasteiger charge is 2.18. The van der Waals surface area contributed by atoms with Crippen molar-refractivity contribution in [3.8, 4) is 5.88 Å². The Morgan fingerprint density at radius 3 is 2.61 bits per heavy atom. The monoisotopic (exact) mass is 251 g/mol. The van der Waals surface area contributed by atoms with Gasteiger partial charge in [0.2, 0.25) is 5.88 Å². The molecule has 6 heteroatoms. The van der Waals surface area contributed by atoms with E-state index in [9.17, 15) is 0 Å². The number of hydrogen-bond acceptors (Lipinski definition) is 6. The molecule has 0 aromatic carbocycles. The molecule has 6 nitrogen and oxygen atoms in total. The van der Waals surface area contributed by atoms with Crippen molar-refractivity contribution in [1.29, 1.82) is 0 Å². The number of nitrogens with two attached hydrogens (primary N) is 1. The van der Waals surface area contributed by atoms with Crippen molar-refractivity contribution in [1.82, 2.24) is 14.9 Å². The average Bonchev–Trinajstić information content (AvgIpc) is 2.39. The maximum absolute atomic E-state index is 5.57. The summed E-state index contributed by atoms with van der Waals surface area (Å²) in [6.45, 7) is 7.58. The minimum absolute atomic E-state index is 0.627. The Bertz CT molecular complexity index is 390. The second-order valence-corrected chi connectivity index (χ2v) is 4.43. The van der Waals surface area contributed by atoms with Crippen molar-refractivity contribution in [2.75, 3.05) is 51.3 Å². The second-order valence-electron chi connectivity index (χ2n) is 4.43. The molecule has 1 aromatic heterocycles. The molecule has 0 amide bonds. The summed E-state index contributed by atoms with van der Waals surface area (Å²) in [6.07, 6.45) is 0. The summed E-state index contributed by atoms with van der Waals surface area (Å²) < 4.78 is 5.18. The van der Waals surface area contributed by atoms with E-state index in [2.05, 4.69) is 19.8 Å². The van der Waals surface area contributed by atoms with Gasteiger partial charge in [0.25, 0.3) is 0 Å². The lowest BCUT2D eigenvalue weighted by Gasteiger charge is -2.35. The lowest BCUT2D eigenvalue weighted by molar-refractivity contribution is 0.264. The summed E-state index contributed by atoms with van der Waals surface area (Å²) in [7, 11) is 1.63. The highest BCUT2D eigenvalue weighted by atomic mass is 16.5. The number of ether oxygens (including phenoxy) is 1. The quantitative estimate of drug-likeness (QED) is 0.804. The molecule has 2 N–H and O–H groups in total. The lowest BCUT2D eigenvalue weighted by atomic mass is 10.3. The molecule has 0 spiro atoms. The van der Waals surface area contributed by atoms with Gasteiger partial charge >= 0.3 is 0 Å². The van der Waals surface area contributed by atoms with Gasteiger partial charge in [-0.25, -0.2) is 4.98 Å². The summed E-state index contributed by atoms with van der Waals surface area (Å²) in [6, 6.07) is 1.89. The van der Waals surface area contributed by atoms with Crippen LogP contribution in [0.5, 0.6) is 5.88 Å². The van der Waals surface area contributed by atoms with Crippen LogP contribution in [0.4, 0.5) is 5.82 Å². The van der Waals surface area contributed by atoms with Crippen molar-refractivity contribution in [3.63, 3.8) is 0 Å². The van der Waals surface area contributed by atoms with Crippen LogP contribution in [0.1, 0.15) is 5.82 Å². The first-order chi connectivity index (χ1) is 8.72. The molecule has 1 aliphatic heterocycles. The van der Waals surface area contributed by atoms with E-state index >= 15 is 0 Å². The van der Waals surface area contributed by atoms with Gasteiger partial charge < -0.3 is 15.4 Å². The fraction of sp³-hybridized carbons (Fsp3) is 0.667. The number of aromatic nitrogens is 2. The first-order valence-electron chi connectivity index (χ1n) is 6.30.